The van der Waals surface area contributed by atoms with Gasteiger partial charge in [0.05, 0.1) is 16.0 Å². The molecular formula is C13H15BrFNO4S. The minimum atomic E-state index is -3.04. The van der Waals surface area contributed by atoms with Crippen molar-refractivity contribution in [3.8, 4) is 5.75 Å². The number of benzene rings is 1. The van der Waals surface area contributed by atoms with E-state index in [0.717, 1.165) is 0 Å². The molecule has 0 bridgehead atoms. The lowest BCUT2D eigenvalue weighted by atomic mass is 10.2. The van der Waals surface area contributed by atoms with Crippen molar-refractivity contribution < 1.29 is 22.3 Å². The molecule has 1 amide bonds. The fourth-order valence-electron chi connectivity index (χ4n) is 2.04. The maximum atomic E-state index is 13.0. The number of rotatable bonds is 4. The summed E-state index contributed by atoms with van der Waals surface area (Å²) in [6.45, 7) is 1.55. The lowest BCUT2D eigenvalue weighted by molar-refractivity contribution is -0.127. The molecular weight excluding hydrogens is 365 g/mol. The van der Waals surface area contributed by atoms with Crippen molar-refractivity contribution in [2.75, 3.05) is 11.5 Å². The Labute approximate surface area is 130 Å². The first kappa shape index (κ1) is 16.2. The normalized spacial score (nSPS) is 21.8. The van der Waals surface area contributed by atoms with E-state index in [1.54, 1.807) is 6.92 Å². The SMILES string of the molecule is CC(Oc1ccc(F)cc1Br)C(=O)NC1CCS(=O)(=O)C1. The second kappa shape index (κ2) is 6.31. The Morgan fingerprint density at radius 3 is 2.81 bits per heavy atom. The van der Waals surface area contributed by atoms with Crippen molar-refractivity contribution in [1.82, 2.24) is 5.32 Å². The third-order valence-electron chi connectivity index (χ3n) is 3.15. The minimum Gasteiger partial charge on any atom is -0.480 e. The molecule has 21 heavy (non-hydrogen) atoms. The predicted molar refractivity (Wildman–Crippen MR) is 79.4 cm³/mol. The lowest BCUT2D eigenvalue weighted by Gasteiger charge is -2.18. The number of ether oxygens (including phenoxy) is 1. The summed E-state index contributed by atoms with van der Waals surface area (Å²) in [7, 11) is -3.04. The maximum Gasteiger partial charge on any atom is 0.261 e. The van der Waals surface area contributed by atoms with Crippen LogP contribution in [0.4, 0.5) is 4.39 Å². The number of hydrogen-bond acceptors (Lipinski definition) is 4. The minimum absolute atomic E-state index is 0.0360. The van der Waals surface area contributed by atoms with Crippen molar-refractivity contribution in [2.45, 2.75) is 25.5 Å². The first-order valence-corrected chi connectivity index (χ1v) is 9.01. The molecule has 1 saturated heterocycles. The van der Waals surface area contributed by atoms with E-state index in [4.69, 9.17) is 4.74 Å². The van der Waals surface area contributed by atoms with Gasteiger partial charge in [-0.15, -0.1) is 0 Å². The summed E-state index contributed by atoms with van der Waals surface area (Å²) in [5.41, 5.74) is 0. The Morgan fingerprint density at radius 2 is 2.24 bits per heavy atom. The smallest absolute Gasteiger partial charge is 0.261 e. The van der Waals surface area contributed by atoms with Gasteiger partial charge in [0, 0.05) is 6.04 Å². The molecule has 116 valence electrons. The fraction of sp³-hybridized carbons (Fsp3) is 0.462. The largest absolute Gasteiger partial charge is 0.480 e. The summed E-state index contributed by atoms with van der Waals surface area (Å²) in [5, 5.41) is 2.65. The second-order valence-electron chi connectivity index (χ2n) is 4.94. The molecule has 0 radical (unpaired) electrons. The number of hydrogen-bond donors (Lipinski definition) is 1. The zero-order chi connectivity index (χ0) is 15.6. The van der Waals surface area contributed by atoms with E-state index in [1.807, 2.05) is 0 Å². The summed E-state index contributed by atoms with van der Waals surface area (Å²) in [6, 6.07) is 3.52. The second-order valence-corrected chi connectivity index (χ2v) is 8.03. The van der Waals surface area contributed by atoms with Crippen LogP contribution in [0, 0.1) is 5.82 Å². The molecule has 1 aliphatic heterocycles. The molecule has 1 aromatic rings. The average molecular weight is 380 g/mol. The number of amides is 1. The predicted octanol–water partition coefficient (Wildman–Crippen LogP) is 1.66. The van der Waals surface area contributed by atoms with Crippen LogP contribution in [-0.4, -0.2) is 38.0 Å². The first-order valence-electron chi connectivity index (χ1n) is 6.39. The molecule has 0 aliphatic carbocycles. The highest BCUT2D eigenvalue weighted by Crippen LogP contribution is 2.26. The van der Waals surface area contributed by atoms with E-state index in [9.17, 15) is 17.6 Å². The molecule has 2 atom stereocenters. The Kier molecular flexibility index (Phi) is 4.88. The van der Waals surface area contributed by atoms with E-state index in [1.165, 1.54) is 18.2 Å². The first-order chi connectivity index (χ1) is 9.77. The molecule has 2 unspecified atom stereocenters. The highest BCUT2D eigenvalue weighted by molar-refractivity contribution is 9.10. The van der Waals surface area contributed by atoms with Crippen molar-refractivity contribution in [3.05, 3.63) is 28.5 Å². The Balaban J connectivity index is 1.94. The molecule has 0 saturated carbocycles. The quantitative estimate of drug-likeness (QED) is 0.863. The summed E-state index contributed by atoms with van der Waals surface area (Å²) in [4.78, 5) is 12.0. The molecule has 8 heteroatoms. The van der Waals surface area contributed by atoms with E-state index in [2.05, 4.69) is 21.2 Å². The molecule has 1 aromatic carbocycles. The Hall–Kier alpha value is -1.15. The van der Waals surface area contributed by atoms with Crippen LogP contribution in [0.1, 0.15) is 13.3 Å². The van der Waals surface area contributed by atoms with Gasteiger partial charge in [-0.2, -0.15) is 0 Å². The Morgan fingerprint density at radius 1 is 1.52 bits per heavy atom. The van der Waals surface area contributed by atoms with Gasteiger partial charge in [-0.1, -0.05) is 0 Å². The highest BCUT2D eigenvalue weighted by atomic mass is 79.9. The monoisotopic (exact) mass is 379 g/mol. The van der Waals surface area contributed by atoms with Crippen molar-refractivity contribution in [2.24, 2.45) is 0 Å². The van der Waals surface area contributed by atoms with Crippen LogP contribution in [0.25, 0.3) is 0 Å². The number of carbonyl (C=O) groups excluding carboxylic acids is 1. The van der Waals surface area contributed by atoms with E-state index >= 15 is 0 Å². The van der Waals surface area contributed by atoms with Crippen LogP contribution < -0.4 is 10.1 Å². The molecule has 1 N–H and O–H groups in total. The number of halogens is 2. The van der Waals surface area contributed by atoms with Crippen molar-refractivity contribution >= 4 is 31.7 Å². The molecule has 2 rings (SSSR count). The van der Waals surface area contributed by atoms with Gasteiger partial charge in [0.15, 0.2) is 15.9 Å². The molecule has 5 nitrogen and oxygen atoms in total. The molecule has 1 fully saturated rings. The van der Waals surface area contributed by atoms with Gasteiger partial charge in [-0.05, 0) is 47.5 Å². The average Bonchev–Trinajstić information content (AvgIpc) is 2.72. The van der Waals surface area contributed by atoms with Crippen LogP contribution in [0.15, 0.2) is 22.7 Å². The van der Waals surface area contributed by atoms with E-state index in [0.29, 0.717) is 16.6 Å². The van der Waals surface area contributed by atoms with Gasteiger partial charge < -0.3 is 10.1 Å². The third-order valence-corrected chi connectivity index (χ3v) is 5.53. The van der Waals surface area contributed by atoms with E-state index < -0.39 is 27.7 Å². The lowest BCUT2D eigenvalue weighted by Crippen LogP contribution is -2.43. The van der Waals surface area contributed by atoms with Gasteiger partial charge in [-0.25, -0.2) is 12.8 Å². The standard InChI is InChI=1S/C13H15BrFNO4S/c1-8(20-12-3-2-9(15)6-11(12)14)13(17)16-10-4-5-21(18,19)7-10/h2-3,6,8,10H,4-5,7H2,1H3,(H,16,17). The molecule has 1 heterocycles. The van der Waals surface area contributed by atoms with Crippen LogP contribution >= 0.6 is 15.9 Å². The number of nitrogens with one attached hydrogen (secondary N) is 1. The molecule has 0 aromatic heterocycles. The van der Waals surface area contributed by atoms with Gasteiger partial charge in [0.2, 0.25) is 0 Å². The van der Waals surface area contributed by atoms with Gasteiger partial charge >= 0.3 is 0 Å². The van der Waals surface area contributed by atoms with Crippen molar-refractivity contribution in [1.29, 1.82) is 0 Å². The van der Waals surface area contributed by atoms with Gasteiger partial charge in [-0.3, -0.25) is 4.79 Å². The summed E-state index contributed by atoms with van der Waals surface area (Å²) >= 11 is 3.15. The molecule has 0 spiro atoms. The van der Waals surface area contributed by atoms with Crippen LogP contribution in [0.2, 0.25) is 0 Å². The Bertz CT molecular complexity index is 650. The van der Waals surface area contributed by atoms with E-state index in [-0.39, 0.29) is 17.5 Å². The number of sulfone groups is 1. The van der Waals surface area contributed by atoms with Gasteiger partial charge in [0.25, 0.3) is 5.91 Å². The molecule has 1 aliphatic rings. The van der Waals surface area contributed by atoms with Crippen LogP contribution in [0.5, 0.6) is 5.75 Å². The third kappa shape index (κ3) is 4.41. The van der Waals surface area contributed by atoms with Crippen LogP contribution in [0.3, 0.4) is 0 Å². The fourth-order valence-corrected chi connectivity index (χ4v) is 4.16. The number of carbonyl (C=O) groups is 1. The topological polar surface area (TPSA) is 72.5 Å². The van der Waals surface area contributed by atoms with Crippen LogP contribution in [-0.2, 0) is 14.6 Å². The highest BCUT2D eigenvalue weighted by Gasteiger charge is 2.30. The van der Waals surface area contributed by atoms with Gasteiger partial charge in [0.1, 0.15) is 11.6 Å². The van der Waals surface area contributed by atoms with Crippen molar-refractivity contribution in [3.63, 3.8) is 0 Å². The zero-order valence-electron chi connectivity index (χ0n) is 11.3. The summed E-state index contributed by atoms with van der Waals surface area (Å²) in [6.07, 6.45) is -0.392. The summed E-state index contributed by atoms with van der Waals surface area (Å²) in [5.74, 6) is -0.406. The summed E-state index contributed by atoms with van der Waals surface area (Å²) < 4.78 is 41.5. The maximum absolute atomic E-state index is 13.0. The zero-order valence-corrected chi connectivity index (χ0v) is 13.7.